The second kappa shape index (κ2) is 4.90. The van der Waals surface area contributed by atoms with Crippen molar-refractivity contribution in [1.82, 2.24) is 9.55 Å². The van der Waals surface area contributed by atoms with Gasteiger partial charge in [0.15, 0.2) is 0 Å². The Morgan fingerprint density at radius 2 is 2.05 bits per heavy atom. The van der Waals surface area contributed by atoms with Crippen molar-refractivity contribution in [1.29, 1.82) is 0 Å². The van der Waals surface area contributed by atoms with Crippen molar-refractivity contribution in [2.24, 2.45) is 11.7 Å². The van der Waals surface area contributed by atoms with Gasteiger partial charge in [0.2, 0.25) is 0 Å². The largest absolute Gasteiger partial charge is 0.333 e. The van der Waals surface area contributed by atoms with E-state index in [-0.39, 0.29) is 6.04 Å². The van der Waals surface area contributed by atoms with Gasteiger partial charge in [0, 0.05) is 25.2 Å². The lowest BCUT2D eigenvalue weighted by Gasteiger charge is -2.20. The van der Waals surface area contributed by atoms with Gasteiger partial charge in [-0.3, -0.25) is 0 Å². The highest BCUT2D eigenvalue weighted by molar-refractivity contribution is 7.91. The fourth-order valence-electron chi connectivity index (χ4n) is 3.07. The van der Waals surface area contributed by atoms with E-state index in [2.05, 4.69) is 15.7 Å². The van der Waals surface area contributed by atoms with Gasteiger partial charge in [0.1, 0.15) is 15.7 Å². The second-order valence-corrected chi connectivity index (χ2v) is 8.20. The number of rotatable bonds is 2. The molecule has 1 unspecified atom stereocenters. The van der Waals surface area contributed by atoms with Crippen LogP contribution in [0, 0.1) is 5.92 Å². The van der Waals surface area contributed by atoms with E-state index in [4.69, 9.17) is 5.73 Å². The first-order chi connectivity index (χ1) is 9.02. The maximum Gasteiger partial charge on any atom is 0.150 e. The smallest absolute Gasteiger partial charge is 0.150 e. The zero-order chi connectivity index (χ0) is 13.5. The van der Waals surface area contributed by atoms with Gasteiger partial charge in [-0.25, -0.2) is 13.4 Å². The molecule has 3 rings (SSSR count). The molecule has 5 nitrogen and oxygen atoms in total. The van der Waals surface area contributed by atoms with Crippen LogP contribution in [0.2, 0.25) is 0 Å². The number of aryl methyl sites for hydroxylation is 1. The first-order valence-electron chi connectivity index (χ1n) is 7.03. The van der Waals surface area contributed by atoms with Crippen LogP contribution in [0.3, 0.4) is 0 Å². The van der Waals surface area contributed by atoms with E-state index in [1.165, 1.54) is 0 Å². The van der Waals surface area contributed by atoms with E-state index in [0.717, 1.165) is 50.2 Å². The summed E-state index contributed by atoms with van der Waals surface area (Å²) in [5.41, 5.74) is 7.06. The number of hydrogen-bond donors (Lipinski definition) is 1. The molecule has 0 amide bonds. The number of fused-ring (bicyclic) bond motifs is 1. The minimum atomic E-state index is -2.76. The molecule has 2 N–H and O–H groups in total. The van der Waals surface area contributed by atoms with Crippen molar-refractivity contribution < 1.29 is 8.42 Å². The van der Waals surface area contributed by atoms with E-state index in [1.54, 1.807) is 0 Å². The molecule has 1 saturated heterocycles. The highest BCUT2D eigenvalue weighted by atomic mass is 32.2. The van der Waals surface area contributed by atoms with Gasteiger partial charge >= 0.3 is 0 Å². The van der Waals surface area contributed by atoms with Crippen molar-refractivity contribution in [2.75, 3.05) is 11.5 Å². The Hall–Kier alpha value is -0.880. The van der Waals surface area contributed by atoms with E-state index in [1.807, 2.05) is 0 Å². The fourth-order valence-corrected chi connectivity index (χ4v) is 4.66. The van der Waals surface area contributed by atoms with Crippen LogP contribution in [0.1, 0.15) is 30.8 Å². The van der Waals surface area contributed by atoms with Crippen molar-refractivity contribution in [2.45, 2.75) is 44.7 Å². The Balaban J connectivity index is 1.65. The maximum atomic E-state index is 11.4. The monoisotopic (exact) mass is 283 g/mol. The van der Waals surface area contributed by atoms with Crippen LogP contribution in [0.15, 0.2) is 6.20 Å². The third-order valence-electron chi connectivity index (χ3n) is 4.25. The maximum absolute atomic E-state index is 11.4. The molecule has 1 atom stereocenters. The molecule has 0 radical (unpaired) electrons. The van der Waals surface area contributed by atoms with Gasteiger partial charge in [-0.05, 0) is 31.6 Å². The van der Waals surface area contributed by atoms with Crippen LogP contribution in [-0.4, -0.2) is 35.5 Å². The number of hydrogen-bond acceptors (Lipinski definition) is 4. The summed E-state index contributed by atoms with van der Waals surface area (Å²) in [5.74, 6) is 2.29. The van der Waals surface area contributed by atoms with Crippen molar-refractivity contribution >= 4 is 9.84 Å². The molecule has 0 spiro atoms. The Bertz CT molecular complexity index is 550. The lowest BCUT2D eigenvalue weighted by molar-refractivity contribution is 0.453. The highest BCUT2D eigenvalue weighted by Gasteiger charge is 2.25. The normalized spacial score (nSPS) is 27.1. The molecule has 1 aromatic rings. The SMILES string of the molecule is NC1CCc2nc(CC3CCS(=O)(=O)CC3)cn2C1. The number of sulfone groups is 1. The molecule has 106 valence electrons. The topological polar surface area (TPSA) is 78.0 Å². The Labute approximate surface area is 114 Å². The molecule has 19 heavy (non-hydrogen) atoms. The van der Waals surface area contributed by atoms with Crippen LogP contribution in [0.5, 0.6) is 0 Å². The second-order valence-electron chi connectivity index (χ2n) is 5.90. The predicted octanol–water partition coefficient (Wildman–Crippen LogP) is 0.524. The molecule has 2 aliphatic heterocycles. The van der Waals surface area contributed by atoms with Gasteiger partial charge in [0.05, 0.1) is 17.2 Å². The predicted molar refractivity (Wildman–Crippen MR) is 73.6 cm³/mol. The van der Waals surface area contributed by atoms with E-state index in [0.29, 0.717) is 17.4 Å². The molecule has 6 heteroatoms. The first kappa shape index (κ1) is 13.1. The molecule has 0 bridgehead atoms. The Morgan fingerprint density at radius 1 is 1.32 bits per heavy atom. The van der Waals surface area contributed by atoms with Crippen LogP contribution < -0.4 is 5.73 Å². The molecule has 0 saturated carbocycles. The zero-order valence-corrected chi connectivity index (χ0v) is 11.9. The Kier molecular flexibility index (Phi) is 3.39. The fraction of sp³-hybridized carbons (Fsp3) is 0.769. The first-order valence-corrected chi connectivity index (χ1v) is 8.85. The lowest BCUT2D eigenvalue weighted by atomic mass is 9.97. The summed E-state index contributed by atoms with van der Waals surface area (Å²) >= 11 is 0. The van der Waals surface area contributed by atoms with Crippen molar-refractivity contribution in [3.05, 3.63) is 17.7 Å². The minimum Gasteiger partial charge on any atom is -0.333 e. The van der Waals surface area contributed by atoms with Gasteiger partial charge in [-0.15, -0.1) is 0 Å². The number of nitrogens with zero attached hydrogens (tertiary/aromatic N) is 2. The van der Waals surface area contributed by atoms with Gasteiger partial charge in [-0.2, -0.15) is 0 Å². The van der Waals surface area contributed by atoms with E-state index >= 15 is 0 Å². The molecular weight excluding hydrogens is 262 g/mol. The standard InChI is InChI=1S/C13H21N3O2S/c14-11-1-2-13-15-12(9-16(13)8-11)7-10-3-5-19(17,18)6-4-10/h9-11H,1-8,14H2. The summed E-state index contributed by atoms with van der Waals surface area (Å²) in [6.45, 7) is 0.862. The van der Waals surface area contributed by atoms with Gasteiger partial charge < -0.3 is 10.3 Å². The number of nitrogens with two attached hydrogens (primary N) is 1. The summed E-state index contributed by atoms with van der Waals surface area (Å²) in [5, 5.41) is 0. The molecular formula is C13H21N3O2S. The summed E-state index contributed by atoms with van der Waals surface area (Å²) < 4.78 is 25.0. The van der Waals surface area contributed by atoms with Crippen LogP contribution in [0.4, 0.5) is 0 Å². The highest BCUT2D eigenvalue weighted by Crippen LogP contribution is 2.23. The third kappa shape index (κ3) is 3.00. The van der Waals surface area contributed by atoms with Crippen LogP contribution in [-0.2, 0) is 29.2 Å². The molecule has 2 aliphatic rings. The quantitative estimate of drug-likeness (QED) is 0.858. The minimum absolute atomic E-state index is 0.245. The average Bonchev–Trinajstić information content (AvgIpc) is 2.73. The molecule has 0 aromatic carbocycles. The van der Waals surface area contributed by atoms with Crippen molar-refractivity contribution in [3.63, 3.8) is 0 Å². The van der Waals surface area contributed by atoms with E-state index < -0.39 is 9.84 Å². The lowest BCUT2D eigenvalue weighted by Crippen LogP contribution is -2.31. The summed E-state index contributed by atoms with van der Waals surface area (Å²) in [7, 11) is -2.76. The summed E-state index contributed by atoms with van der Waals surface area (Å²) in [6.07, 6.45) is 6.55. The van der Waals surface area contributed by atoms with E-state index in [9.17, 15) is 8.42 Å². The molecule has 3 heterocycles. The molecule has 1 fully saturated rings. The van der Waals surface area contributed by atoms with Gasteiger partial charge in [-0.1, -0.05) is 0 Å². The number of imidazole rings is 1. The van der Waals surface area contributed by atoms with Crippen LogP contribution in [0.25, 0.3) is 0 Å². The van der Waals surface area contributed by atoms with Crippen molar-refractivity contribution in [3.8, 4) is 0 Å². The molecule has 0 aliphatic carbocycles. The average molecular weight is 283 g/mol. The van der Waals surface area contributed by atoms with Crippen LogP contribution >= 0.6 is 0 Å². The summed E-state index contributed by atoms with van der Waals surface area (Å²) in [6, 6.07) is 0.245. The Morgan fingerprint density at radius 3 is 2.79 bits per heavy atom. The van der Waals surface area contributed by atoms with Gasteiger partial charge in [0.25, 0.3) is 0 Å². The number of aromatic nitrogens is 2. The molecule has 1 aromatic heterocycles. The zero-order valence-electron chi connectivity index (χ0n) is 11.1. The third-order valence-corrected chi connectivity index (χ3v) is 5.97. The summed E-state index contributed by atoms with van der Waals surface area (Å²) in [4.78, 5) is 4.67.